The predicted octanol–water partition coefficient (Wildman–Crippen LogP) is -0.0113. The van der Waals surface area contributed by atoms with Crippen LogP contribution in [-0.4, -0.2) is 30.4 Å². The lowest BCUT2D eigenvalue weighted by molar-refractivity contribution is -0.154. The molecule has 1 aliphatic carbocycles. The molecule has 0 aromatic rings. The summed E-state index contributed by atoms with van der Waals surface area (Å²) in [6.07, 6.45) is 2.74. The second kappa shape index (κ2) is 3.25. The zero-order chi connectivity index (χ0) is 11.3. The highest BCUT2D eigenvalue weighted by atomic mass is 16.6. The molecule has 2 heterocycles. The van der Waals surface area contributed by atoms with E-state index in [4.69, 9.17) is 4.74 Å². The molecule has 4 atom stereocenters. The molecule has 0 unspecified atom stereocenters. The molecule has 3 rings (SSSR count). The Kier molecular flexibility index (Phi) is 1.97. The normalized spacial score (nSPS) is 41.1. The molecule has 0 N–H and O–H groups in total. The minimum Gasteiger partial charge on any atom is -0.393 e. The summed E-state index contributed by atoms with van der Waals surface area (Å²) in [4.78, 5) is 33.5. The minimum atomic E-state index is -0.544. The Balaban J connectivity index is 1.94. The molecule has 0 radical (unpaired) electrons. The first-order valence-corrected chi connectivity index (χ1v) is 5.26. The summed E-state index contributed by atoms with van der Waals surface area (Å²) >= 11 is 0. The Morgan fingerprint density at radius 3 is 2.88 bits per heavy atom. The maximum atomic E-state index is 11.5. The topological polar surface area (TPSA) is 69.7 Å². The largest absolute Gasteiger partial charge is 0.393 e. The molecule has 0 bridgehead atoms. The lowest BCUT2D eigenvalue weighted by atomic mass is 9.79. The van der Waals surface area contributed by atoms with Crippen molar-refractivity contribution < 1.29 is 23.9 Å². The number of hydrogen-bond acceptors (Lipinski definition) is 5. The van der Waals surface area contributed by atoms with E-state index in [1.54, 1.807) is 0 Å². The van der Waals surface area contributed by atoms with Crippen LogP contribution in [0.2, 0.25) is 0 Å². The lowest BCUT2D eigenvalue weighted by Gasteiger charge is -2.24. The molecule has 0 spiro atoms. The highest BCUT2D eigenvalue weighted by molar-refractivity contribution is 5.97. The molecule has 16 heavy (non-hydrogen) atoms. The number of fused-ring (bicyclic) bond motifs is 3. The van der Waals surface area contributed by atoms with Crippen molar-refractivity contribution in [2.75, 3.05) is 0 Å². The second-order valence-electron chi connectivity index (χ2n) is 4.32. The van der Waals surface area contributed by atoms with Crippen LogP contribution < -0.4 is 0 Å². The molecule has 2 aliphatic heterocycles. The van der Waals surface area contributed by atoms with Gasteiger partial charge in [0.15, 0.2) is 0 Å². The van der Waals surface area contributed by atoms with Crippen LogP contribution in [0.25, 0.3) is 0 Å². The molecular weight excluding hydrogens is 212 g/mol. The van der Waals surface area contributed by atoms with Crippen LogP contribution in [0.15, 0.2) is 11.6 Å². The molecule has 5 nitrogen and oxygen atoms in total. The molecule has 2 fully saturated rings. The number of carbonyl (C=O) groups excluding carboxylic acids is 3. The number of ether oxygens (including phenoxy) is 2. The first-order chi connectivity index (χ1) is 7.70. The van der Waals surface area contributed by atoms with Crippen LogP contribution in [0.5, 0.6) is 0 Å². The van der Waals surface area contributed by atoms with Crippen molar-refractivity contribution in [2.24, 2.45) is 11.8 Å². The molecule has 0 amide bonds. The summed E-state index contributed by atoms with van der Waals surface area (Å²) in [6, 6.07) is 0. The molecule has 0 aromatic heterocycles. The first kappa shape index (κ1) is 9.72. The van der Waals surface area contributed by atoms with Crippen LogP contribution in [0.1, 0.15) is 12.8 Å². The quantitative estimate of drug-likeness (QED) is 0.270. The van der Waals surface area contributed by atoms with Gasteiger partial charge in [0.2, 0.25) is 0 Å². The second-order valence-corrected chi connectivity index (χ2v) is 4.32. The molecule has 84 valence electrons. The lowest BCUT2D eigenvalue weighted by Crippen LogP contribution is -2.34. The predicted molar refractivity (Wildman–Crippen MR) is 50.1 cm³/mol. The van der Waals surface area contributed by atoms with Crippen molar-refractivity contribution in [3.05, 3.63) is 11.6 Å². The molecule has 0 saturated carbocycles. The van der Waals surface area contributed by atoms with Crippen molar-refractivity contribution in [1.82, 2.24) is 0 Å². The monoisotopic (exact) mass is 222 g/mol. The van der Waals surface area contributed by atoms with Gasteiger partial charge in [0.1, 0.15) is 18.3 Å². The number of allylic oxidation sites excluding steroid dienone is 1. The van der Waals surface area contributed by atoms with Gasteiger partial charge >= 0.3 is 11.9 Å². The SMILES string of the molecule is O=C[C@@H]1CC2=CC[C@H]3C(=O)OC(=O)[C@H]3[C@H]2O1. The van der Waals surface area contributed by atoms with Crippen LogP contribution in [0.4, 0.5) is 0 Å². The Morgan fingerprint density at radius 2 is 2.12 bits per heavy atom. The standard InChI is InChI=1S/C11H10O5/c12-4-6-3-5-1-2-7-8(9(5)15-6)11(14)16-10(7)13/h1,4,6-9H,2-3H2/t6-,7+,8+,9-/m0/s1. The number of esters is 2. The van der Waals surface area contributed by atoms with Crippen LogP contribution >= 0.6 is 0 Å². The van der Waals surface area contributed by atoms with E-state index in [-0.39, 0.29) is 0 Å². The average Bonchev–Trinajstić information content (AvgIpc) is 2.80. The Hall–Kier alpha value is -1.49. The van der Waals surface area contributed by atoms with E-state index in [0.717, 1.165) is 11.9 Å². The number of hydrogen-bond donors (Lipinski definition) is 0. The van der Waals surface area contributed by atoms with Crippen LogP contribution in [-0.2, 0) is 23.9 Å². The van der Waals surface area contributed by atoms with Gasteiger partial charge in [-0.15, -0.1) is 0 Å². The van der Waals surface area contributed by atoms with Crippen molar-refractivity contribution in [3.63, 3.8) is 0 Å². The number of carbonyl (C=O) groups is 3. The van der Waals surface area contributed by atoms with Crippen molar-refractivity contribution in [3.8, 4) is 0 Å². The third kappa shape index (κ3) is 1.18. The van der Waals surface area contributed by atoms with E-state index in [1.807, 2.05) is 6.08 Å². The average molecular weight is 222 g/mol. The minimum absolute atomic E-state index is 0.424. The smallest absolute Gasteiger partial charge is 0.320 e. The maximum Gasteiger partial charge on any atom is 0.320 e. The Morgan fingerprint density at radius 1 is 1.31 bits per heavy atom. The van der Waals surface area contributed by atoms with Gasteiger partial charge in [-0.2, -0.15) is 0 Å². The first-order valence-electron chi connectivity index (χ1n) is 5.26. The molecule has 5 heteroatoms. The van der Waals surface area contributed by atoms with E-state index in [0.29, 0.717) is 12.8 Å². The summed E-state index contributed by atoms with van der Waals surface area (Å²) in [7, 11) is 0. The summed E-state index contributed by atoms with van der Waals surface area (Å²) in [5.41, 5.74) is 0.949. The van der Waals surface area contributed by atoms with Gasteiger partial charge in [-0.05, 0) is 12.0 Å². The van der Waals surface area contributed by atoms with Gasteiger partial charge in [-0.1, -0.05) is 6.08 Å². The maximum absolute atomic E-state index is 11.5. The molecular formula is C11H10O5. The van der Waals surface area contributed by atoms with Crippen molar-refractivity contribution >= 4 is 18.2 Å². The summed E-state index contributed by atoms with van der Waals surface area (Å²) in [5.74, 6) is -1.95. The molecule has 2 saturated heterocycles. The highest BCUT2D eigenvalue weighted by Crippen LogP contribution is 2.43. The fraction of sp³-hybridized carbons (Fsp3) is 0.545. The van der Waals surface area contributed by atoms with E-state index in [9.17, 15) is 14.4 Å². The van der Waals surface area contributed by atoms with Gasteiger partial charge in [0.25, 0.3) is 0 Å². The fourth-order valence-electron chi connectivity index (χ4n) is 2.68. The zero-order valence-corrected chi connectivity index (χ0v) is 8.42. The Labute approximate surface area is 91.4 Å². The highest BCUT2D eigenvalue weighted by Gasteiger charge is 2.53. The van der Waals surface area contributed by atoms with Gasteiger partial charge < -0.3 is 14.3 Å². The van der Waals surface area contributed by atoms with Gasteiger partial charge in [-0.3, -0.25) is 9.59 Å². The fourth-order valence-corrected chi connectivity index (χ4v) is 2.68. The summed E-state index contributed by atoms with van der Waals surface area (Å²) in [6.45, 7) is 0. The van der Waals surface area contributed by atoms with E-state index in [2.05, 4.69) is 4.74 Å². The third-order valence-electron chi connectivity index (χ3n) is 3.45. The third-order valence-corrected chi connectivity index (χ3v) is 3.45. The van der Waals surface area contributed by atoms with Gasteiger partial charge in [0, 0.05) is 6.42 Å². The molecule has 3 aliphatic rings. The van der Waals surface area contributed by atoms with Crippen LogP contribution in [0, 0.1) is 11.8 Å². The van der Waals surface area contributed by atoms with Crippen LogP contribution in [0.3, 0.4) is 0 Å². The number of rotatable bonds is 1. The van der Waals surface area contributed by atoms with Crippen molar-refractivity contribution in [2.45, 2.75) is 25.0 Å². The van der Waals surface area contributed by atoms with E-state index in [1.165, 1.54) is 0 Å². The molecule has 0 aromatic carbocycles. The zero-order valence-electron chi connectivity index (χ0n) is 8.42. The summed E-state index contributed by atoms with van der Waals surface area (Å²) < 4.78 is 10.1. The van der Waals surface area contributed by atoms with Gasteiger partial charge in [-0.25, -0.2) is 0 Å². The van der Waals surface area contributed by atoms with E-state index >= 15 is 0 Å². The van der Waals surface area contributed by atoms with Crippen molar-refractivity contribution in [1.29, 1.82) is 0 Å². The summed E-state index contributed by atoms with van der Waals surface area (Å²) in [5, 5.41) is 0. The number of aldehydes is 1. The number of cyclic esters (lactones) is 2. The van der Waals surface area contributed by atoms with E-state index < -0.39 is 36.0 Å². The Bertz CT molecular complexity index is 411. The van der Waals surface area contributed by atoms with Gasteiger partial charge in [0.05, 0.1) is 12.0 Å².